The predicted octanol–water partition coefficient (Wildman–Crippen LogP) is 3.78. The first-order valence-corrected chi connectivity index (χ1v) is 6.75. The van der Waals surface area contributed by atoms with Crippen LogP contribution in [0.2, 0.25) is 0 Å². The lowest BCUT2D eigenvalue weighted by molar-refractivity contribution is 0.0574. The third-order valence-electron chi connectivity index (χ3n) is 3.34. The normalized spacial score (nSPS) is 14.1. The maximum absolute atomic E-state index is 6.19. The van der Waals surface area contributed by atoms with Crippen LogP contribution in [0.1, 0.15) is 25.5 Å². The Kier molecular flexibility index (Phi) is 4.72. The van der Waals surface area contributed by atoms with Crippen LogP contribution in [-0.4, -0.2) is 12.7 Å². The molecule has 2 unspecified atom stereocenters. The van der Waals surface area contributed by atoms with E-state index in [1.807, 2.05) is 32.0 Å². The van der Waals surface area contributed by atoms with Crippen LogP contribution in [0.3, 0.4) is 0 Å². The molecule has 2 heteroatoms. The first-order chi connectivity index (χ1) is 9.22. The van der Waals surface area contributed by atoms with Crippen LogP contribution in [0, 0.1) is 0 Å². The van der Waals surface area contributed by atoms with E-state index in [1.54, 1.807) is 0 Å². The van der Waals surface area contributed by atoms with Crippen molar-refractivity contribution in [3.8, 4) is 11.1 Å². The molecular weight excluding hydrogens is 234 g/mol. The summed E-state index contributed by atoms with van der Waals surface area (Å²) in [6.07, 6.45) is 0.0348. The van der Waals surface area contributed by atoms with E-state index in [-0.39, 0.29) is 12.1 Å². The number of hydrogen-bond acceptors (Lipinski definition) is 2. The van der Waals surface area contributed by atoms with Gasteiger partial charge in [0.1, 0.15) is 0 Å². The fraction of sp³-hybridized carbons (Fsp3) is 0.294. The first-order valence-electron chi connectivity index (χ1n) is 6.75. The van der Waals surface area contributed by atoms with Gasteiger partial charge in [-0.1, -0.05) is 54.6 Å². The lowest BCUT2D eigenvalue weighted by atomic mass is 9.99. The average molecular weight is 255 g/mol. The van der Waals surface area contributed by atoms with E-state index in [2.05, 4.69) is 36.4 Å². The molecule has 2 rings (SSSR count). The quantitative estimate of drug-likeness (QED) is 0.882. The lowest BCUT2D eigenvalue weighted by Gasteiger charge is -2.20. The molecule has 0 saturated carbocycles. The summed E-state index contributed by atoms with van der Waals surface area (Å²) in [6, 6.07) is 18.7. The number of ether oxygens (including phenoxy) is 1. The molecule has 0 amide bonds. The van der Waals surface area contributed by atoms with E-state index in [9.17, 15) is 0 Å². The van der Waals surface area contributed by atoms with E-state index in [0.717, 1.165) is 5.56 Å². The van der Waals surface area contributed by atoms with Crippen LogP contribution in [0.25, 0.3) is 11.1 Å². The Morgan fingerprint density at radius 2 is 1.53 bits per heavy atom. The standard InChI is InChI=1S/C17H21NO/c1-3-19-13(2)17(18)16-11-9-15(10-12-16)14-7-5-4-6-8-14/h4-13,17H,3,18H2,1-2H3. The van der Waals surface area contributed by atoms with Crippen molar-refractivity contribution in [1.82, 2.24) is 0 Å². The van der Waals surface area contributed by atoms with Gasteiger partial charge in [-0.15, -0.1) is 0 Å². The summed E-state index contributed by atoms with van der Waals surface area (Å²) in [7, 11) is 0. The Balaban J connectivity index is 2.15. The van der Waals surface area contributed by atoms with Crippen molar-refractivity contribution >= 4 is 0 Å². The molecule has 0 aliphatic carbocycles. The highest BCUT2D eigenvalue weighted by atomic mass is 16.5. The molecule has 0 saturated heterocycles. The molecular formula is C17H21NO. The summed E-state index contributed by atoms with van der Waals surface area (Å²) < 4.78 is 5.55. The third-order valence-corrected chi connectivity index (χ3v) is 3.34. The highest BCUT2D eigenvalue weighted by Crippen LogP contribution is 2.22. The van der Waals surface area contributed by atoms with Gasteiger partial charge >= 0.3 is 0 Å². The molecule has 2 aromatic rings. The van der Waals surface area contributed by atoms with Gasteiger partial charge in [-0.05, 0) is 30.5 Å². The zero-order valence-electron chi connectivity index (χ0n) is 11.5. The fourth-order valence-corrected chi connectivity index (χ4v) is 2.17. The summed E-state index contributed by atoms with van der Waals surface area (Å²) in [4.78, 5) is 0. The van der Waals surface area contributed by atoms with Crippen molar-refractivity contribution in [3.05, 3.63) is 60.2 Å². The summed E-state index contributed by atoms with van der Waals surface area (Å²) in [6.45, 7) is 4.69. The Morgan fingerprint density at radius 1 is 0.947 bits per heavy atom. The zero-order valence-corrected chi connectivity index (χ0v) is 11.5. The van der Waals surface area contributed by atoms with Gasteiger partial charge in [0.05, 0.1) is 12.1 Å². The molecule has 0 aliphatic heterocycles. The largest absolute Gasteiger partial charge is 0.377 e. The fourth-order valence-electron chi connectivity index (χ4n) is 2.17. The maximum atomic E-state index is 6.19. The van der Waals surface area contributed by atoms with Crippen molar-refractivity contribution in [2.45, 2.75) is 26.0 Å². The topological polar surface area (TPSA) is 35.2 Å². The second-order valence-corrected chi connectivity index (χ2v) is 4.67. The van der Waals surface area contributed by atoms with Crippen LogP contribution >= 0.6 is 0 Å². The molecule has 2 N–H and O–H groups in total. The second-order valence-electron chi connectivity index (χ2n) is 4.67. The minimum Gasteiger partial charge on any atom is -0.377 e. The van der Waals surface area contributed by atoms with Crippen molar-refractivity contribution in [2.75, 3.05) is 6.61 Å². The van der Waals surface area contributed by atoms with E-state index in [4.69, 9.17) is 10.5 Å². The molecule has 0 aromatic heterocycles. The van der Waals surface area contributed by atoms with E-state index >= 15 is 0 Å². The summed E-state index contributed by atoms with van der Waals surface area (Å²) in [5, 5.41) is 0. The summed E-state index contributed by atoms with van der Waals surface area (Å²) in [5.74, 6) is 0. The Hall–Kier alpha value is -1.64. The van der Waals surface area contributed by atoms with Crippen molar-refractivity contribution in [1.29, 1.82) is 0 Å². The zero-order chi connectivity index (χ0) is 13.7. The Labute approximate surface area is 115 Å². The van der Waals surface area contributed by atoms with Gasteiger partial charge in [0.15, 0.2) is 0 Å². The van der Waals surface area contributed by atoms with Crippen molar-refractivity contribution in [2.24, 2.45) is 5.73 Å². The van der Waals surface area contributed by atoms with Gasteiger partial charge in [-0.2, -0.15) is 0 Å². The van der Waals surface area contributed by atoms with E-state index in [1.165, 1.54) is 11.1 Å². The molecule has 0 radical (unpaired) electrons. The first kappa shape index (κ1) is 13.8. The number of benzene rings is 2. The van der Waals surface area contributed by atoms with E-state index < -0.39 is 0 Å². The van der Waals surface area contributed by atoms with Gasteiger partial charge in [0.2, 0.25) is 0 Å². The van der Waals surface area contributed by atoms with Gasteiger partial charge in [-0.25, -0.2) is 0 Å². The molecule has 2 aromatic carbocycles. The second kappa shape index (κ2) is 6.50. The van der Waals surface area contributed by atoms with E-state index in [0.29, 0.717) is 6.61 Å². The molecule has 100 valence electrons. The molecule has 0 heterocycles. The van der Waals surface area contributed by atoms with Gasteiger partial charge < -0.3 is 10.5 Å². The molecule has 0 fully saturated rings. The maximum Gasteiger partial charge on any atom is 0.0739 e. The highest BCUT2D eigenvalue weighted by Gasteiger charge is 2.14. The minimum atomic E-state index is -0.0789. The average Bonchev–Trinajstić information content (AvgIpc) is 2.48. The van der Waals surface area contributed by atoms with Crippen molar-refractivity contribution in [3.63, 3.8) is 0 Å². The molecule has 0 spiro atoms. The van der Waals surface area contributed by atoms with Gasteiger partial charge in [0, 0.05) is 6.61 Å². The van der Waals surface area contributed by atoms with Crippen LogP contribution < -0.4 is 5.73 Å². The SMILES string of the molecule is CCOC(C)C(N)c1ccc(-c2ccccc2)cc1. The van der Waals surface area contributed by atoms with Crippen LogP contribution in [0.5, 0.6) is 0 Å². The lowest BCUT2D eigenvalue weighted by Crippen LogP contribution is -2.26. The molecule has 0 aliphatic rings. The van der Waals surface area contributed by atoms with Crippen molar-refractivity contribution < 1.29 is 4.74 Å². The number of hydrogen-bond donors (Lipinski definition) is 1. The highest BCUT2D eigenvalue weighted by molar-refractivity contribution is 5.63. The molecule has 2 atom stereocenters. The summed E-state index contributed by atoms with van der Waals surface area (Å²) >= 11 is 0. The number of nitrogens with two attached hydrogens (primary N) is 1. The molecule has 19 heavy (non-hydrogen) atoms. The van der Waals surface area contributed by atoms with Gasteiger partial charge in [-0.3, -0.25) is 0 Å². The summed E-state index contributed by atoms with van der Waals surface area (Å²) in [5.41, 5.74) is 9.73. The van der Waals surface area contributed by atoms with Crippen LogP contribution in [0.4, 0.5) is 0 Å². The smallest absolute Gasteiger partial charge is 0.0739 e. The molecule has 0 bridgehead atoms. The minimum absolute atomic E-state index is 0.0348. The monoisotopic (exact) mass is 255 g/mol. The Bertz CT molecular complexity index is 492. The predicted molar refractivity (Wildman–Crippen MR) is 79.9 cm³/mol. The van der Waals surface area contributed by atoms with Gasteiger partial charge in [0.25, 0.3) is 0 Å². The third kappa shape index (κ3) is 3.43. The molecule has 2 nitrogen and oxygen atoms in total. The number of rotatable bonds is 5. The van der Waals surface area contributed by atoms with Crippen LogP contribution in [0.15, 0.2) is 54.6 Å². The van der Waals surface area contributed by atoms with Crippen LogP contribution in [-0.2, 0) is 4.74 Å². The Morgan fingerprint density at radius 3 is 2.11 bits per heavy atom.